The number of nitrogens with zero attached hydrogens (tertiary/aromatic N) is 4. The van der Waals surface area contributed by atoms with Crippen LogP contribution in [0.2, 0.25) is 0 Å². The number of aromatic nitrogens is 2. The first-order valence-electron chi connectivity index (χ1n) is 8.44. The lowest BCUT2D eigenvalue weighted by molar-refractivity contribution is -0.160. The fourth-order valence-electron chi connectivity index (χ4n) is 3.48. The van der Waals surface area contributed by atoms with Crippen LogP contribution >= 0.6 is 0 Å². The molecule has 3 N–H and O–H groups in total. The number of aliphatic hydroxyl groups is 2. The van der Waals surface area contributed by atoms with Crippen molar-refractivity contribution >= 4 is 17.6 Å². The number of carbonyl (C=O) groups is 1. The predicted molar refractivity (Wildman–Crippen MR) is 88.1 cm³/mol. The van der Waals surface area contributed by atoms with E-state index in [2.05, 4.69) is 14.9 Å². The summed E-state index contributed by atoms with van der Waals surface area (Å²) in [6.07, 6.45) is 4.98. The van der Waals surface area contributed by atoms with E-state index < -0.39 is 11.6 Å². The van der Waals surface area contributed by atoms with Crippen LogP contribution in [-0.4, -0.2) is 69.1 Å². The lowest BCUT2D eigenvalue weighted by Gasteiger charge is -2.37. The van der Waals surface area contributed by atoms with Gasteiger partial charge in [-0.2, -0.15) is 0 Å². The van der Waals surface area contributed by atoms with Gasteiger partial charge in [-0.05, 0) is 19.3 Å². The molecule has 8 nitrogen and oxygen atoms in total. The average molecular weight is 336 g/mol. The Morgan fingerprint density at radius 2 is 1.92 bits per heavy atom. The first-order valence-corrected chi connectivity index (χ1v) is 8.44. The predicted octanol–water partition coefficient (Wildman–Crippen LogP) is 0.244. The number of piperidine rings is 2. The topological polar surface area (TPSA) is 110 Å². The summed E-state index contributed by atoms with van der Waals surface area (Å²) in [5.74, 6) is 0.358. The molecule has 2 aliphatic heterocycles. The summed E-state index contributed by atoms with van der Waals surface area (Å²) < 4.78 is 0. The molecule has 3 rings (SSSR count). The Balaban J connectivity index is 1.73. The molecule has 24 heavy (non-hydrogen) atoms. The zero-order chi connectivity index (χ0) is 17.2. The van der Waals surface area contributed by atoms with Crippen LogP contribution in [0, 0.1) is 0 Å². The minimum absolute atomic E-state index is 0.0833. The maximum absolute atomic E-state index is 11.1. The second kappa shape index (κ2) is 6.90. The van der Waals surface area contributed by atoms with Crippen LogP contribution in [-0.2, 0) is 4.79 Å². The normalized spacial score (nSPS) is 24.0. The third-order valence-electron chi connectivity index (χ3n) is 5.08. The maximum atomic E-state index is 11.1. The highest BCUT2D eigenvalue weighted by Crippen LogP contribution is 2.28. The van der Waals surface area contributed by atoms with E-state index in [1.807, 2.05) is 11.0 Å². The van der Waals surface area contributed by atoms with E-state index in [-0.39, 0.29) is 25.5 Å². The number of aliphatic carboxylic acids is 1. The van der Waals surface area contributed by atoms with Gasteiger partial charge in [0, 0.05) is 38.5 Å². The van der Waals surface area contributed by atoms with Crippen molar-refractivity contribution in [2.24, 2.45) is 0 Å². The van der Waals surface area contributed by atoms with Crippen LogP contribution in [0.15, 0.2) is 12.4 Å². The Hall–Kier alpha value is -1.93. The van der Waals surface area contributed by atoms with E-state index in [0.717, 1.165) is 37.4 Å². The minimum Gasteiger partial charge on any atom is -0.479 e. The Labute approximate surface area is 140 Å². The highest BCUT2D eigenvalue weighted by atomic mass is 16.4. The molecule has 0 aliphatic carbocycles. The highest BCUT2D eigenvalue weighted by Gasteiger charge is 2.39. The van der Waals surface area contributed by atoms with Crippen molar-refractivity contribution < 1.29 is 20.1 Å². The molecule has 0 spiro atoms. The number of carboxylic acids is 1. The van der Waals surface area contributed by atoms with Crippen LogP contribution in [0.3, 0.4) is 0 Å². The van der Waals surface area contributed by atoms with Crippen LogP contribution in [0.4, 0.5) is 11.6 Å². The van der Waals surface area contributed by atoms with Crippen LogP contribution < -0.4 is 9.80 Å². The lowest BCUT2D eigenvalue weighted by atomic mass is 9.92. The van der Waals surface area contributed by atoms with Crippen molar-refractivity contribution in [1.29, 1.82) is 0 Å². The van der Waals surface area contributed by atoms with Gasteiger partial charge in [0.1, 0.15) is 18.0 Å². The molecule has 1 atom stereocenters. The molecule has 2 fully saturated rings. The Bertz CT molecular complexity index is 589. The molecule has 0 saturated carbocycles. The molecule has 0 radical (unpaired) electrons. The van der Waals surface area contributed by atoms with Gasteiger partial charge in [-0.25, -0.2) is 14.8 Å². The van der Waals surface area contributed by atoms with E-state index in [9.17, 15) is 15.0 Å². The molecule has 0 bridgehead atoms. The van der Waals surface area contributed by atoms with Gasteiger partial charge in [0.25, 0.3) is 0 Å². The Morgan fingerprint density at radius 1 is 1.21 bits per heavy atom. The van der Waals surface area contributed by atoms with E-state index in [4.69, 9.17) is 5.11 Å². The summed E-state index contributed by atoms with van der Waals surface area (Å²) in [4.78, 5) is 23.9. The monoisotopic (exact) mass is 336 g/mol. The van der Waals surface area contributed by atoms with Crippen molar-refractivity contribution in [3.8, 4) is 0 Å². The molecule has 1 aromatic rings. The van der Waals surface area contributed by atoms with E-state index in [0.29, 0.717) is 13.1 Å². The fraction of sp³-hybridized carbons (Fsp3) is 0.688. The second-order valence-electron chi connectivity index (χ2n) is 6.58. The fourth-order valence-corrected chi connectivity index (χ4v) is 3.48. The molecule has 0 amide bonds. The molecule has 3 heterocycles. The Morgan fingerprint density at radius 3 is 2.58 bits per heavy atom. The van der Waals surface area contributed by atoms with Gasteiger partial charge in [-0.15, -0.1) is 0 Å². The van der Waals surface area contributed by atoms with E-state index in [1.54, 1.807) is 0 Å². The van der Waals surface area contributed by atoms with Gasteiger partial charge < -0.3 is 25.1 Å². The molecule has 2 saturated heterocycles. The smallest absolute Gasteiger partial charge is 0.335 e. The summed E-state index contributed by atoms with van der Waals surface area (Å²) in [7, 11) is 0. The third-order valence-corrected chi connectivity index (χ3v) is 5.08. The van der Waals surface area contributed by atoms with Crippen molar-refractivity contribution in [2.45, 2.75) is 43.7 Å². The largest absolute Gasteiger partial charge is 0.479 e. The maximum Gasteiger partial charge on any atom is 0.335 e. The van der Waals surface area contributed by atoms with Crippen molar-refractivity contribution in [3.63, 3.8) is 0 Å². The number of carboxylic acid groups (broad SMARTS) is 1. The van der Waals surface area contributed by atoms with E-state index >= 15 is 0 Å². The van der Waals surface area contributed by atoms with Crippen LogP contribution in [0.25, 0.3) is 0 Å². The van der Waals surface area contributed by atoms with Crippen molar-refractivity contribution in [1.82, 2.24) is 9.97 Å². The number of anilines is 2. The Kier molecular flexibility index (Phi) is 4.86. The van der Waals surface area contributed by atoms with Gasteiger partial charge in [-0.1, -0.05) is 0 Å². The molecule has 2 aliphatic rings. The quantitative estimate of drug-likeness (QED) is 0.717. The summed E-state index contributed by atoms with van der Waals surface area (Å²) in [5.41, 5.74) is -1.64. The second-order valence-corrected chi connectivity index (χ2v) is 6.58. The number of hydrogen-bond donors (Lipinski definition) is 3. The minimum atomic E-state index is -1.64. The standard InChI is InChI=1S/C16H24N4O4/c21-10-12-3-1-2-6-20(12)14-9-13(17-11-18-14)19-7-4-16(24,5-8-19)15(22)23/h9,11-12,21,24H,1-8,10H2,(H,22,23). The summed E-state index contributed by atoms with van der Waals surface area (Å²) in [6.45, 7) is 1.83. The summed E-state index contributed by atoms with van der Waals surface area (Å²) >= 11 is 0. The molecule has 8 heteroatoms. The summed E-state index contributed by atoms with van der Waals surface area (Å²) in [5, 5.41) is 28.7. The van der Waals surface area contributed by atoms with Crippen molar-refractivity contribution in [2.75, 3.05) is 36.0 Å². The first kappa shape index (κ1) is 16.9. The molecule has 1 aromatic heterocycles. The third kappa shape index (κ3) is 3.29. The molecule has 1 unspecified atom stereocenters. The van der Waals surface area contributed by atoms with Gasteiger partial charge in [0.2, 0.25) is 0 Å². The lowest BCUT2D eigenvalue weighted by Crippen LogP contribution is -2.49. The van der Waals surface area contributed by atoms with E-state index in [1.165, 1.54) is 6.33 Å². The number of aliphatic hydroxyl groups excluding tert-OH is 1. The number of rotatable bonds is 4. The number of hydrogen-bond acceptors (Lipinski definition) is 7. The molecular formula is C16H24N4O4. The van der Waals surface area contributed by atoms with Crippen LogP contribution in [0.1, 0.15) is 32.1 Å². The SMILES string of the molecule is O=C(O)C1(O)CCN(c2cc(N3CCCCC3CO)ncn2)CC1. The van der Waals surface area contributed by atoms with Gasteiger partial charge in [0.05, 0.1) is 12.6 Å². The van der Waals surface area contributed by atoms with Gasteiger partial charge in [-0.3, -0.25) is 0 Å². The van der Waals surface area contributed by atoms with Crippen LogP contribution in [0.5, 0.6) is 0 Å². The molecular weight excluding hydrogens is 312 g/mol. The first-order chi connectivity index (χ1) is 11.5. The molecule has 0 aromatic carbocycles. The van der Waals surface area contributed by atoms with Crippen molar-refractivity contribution in [3.05, 3.63) is 12.4 Å². The molecule has 132 valence electrons. The van der Waals surface area contributed by atoms with Gasteiger partial charge >= 0.3 is 5.97 Å². The van der Waals surface area contributed by atoms with Gasteiger partial charge in [0.15, 0.2) is 5.60 Å². The highest BCUT2D eigenvalue weighted by molar-refractivity contribution is 5.77. The zero-order valence-electron chi connectivity index (χ0n) is 13.6. The zero-order valence-corrected chi connectivity index (χ0v) is 13.6. The average Bonchev–Trinajstić information content (AvgIpc) is 2.62. The summed E-state index contributed by atoms with van der Waals surface area (Å²) in [6, 6.07) is 1.97.